The molecule has 0 radical (unpaired) electrons. The molecule has 2 heterocycles. The first-order valence-corrected chi connectivity index (χ1v) is 10.8. The second-order valence-electron chi connectivity index (χ2n) is 6.96. The molecule has 0 spiro atoms. The molecular weight excluding hydrogens is 408 g/mol. The van der Waals surface area contributed by atoms with Gasteiger partial charge in [0.15, 0.2) is 11.0 Å². The summed E-state index contributed by atoms with van der Waals surface area (Å²) in [4.78, 5) is 2.03. The molecule has 0 aliphatic carbocycles. The Morgan fingerprint density at radius 2 is 1.80 bits per heavy atom. The van der Waals surface area contributed by atoms with Crippen LogP contribution in [0.5, 0.6) is 5.75 Å². The summed E-state index contributed by atoms with van der Waals surface area (Å²) in [5, 5.41) is 19.0. The number of benzene rings is 3. The Morgan fingerprint density at radius 1 is 1.00 bits per heavy atom. The molecule has 2 N–H and O–H groups in total. The average molecular weight is 426 g/mol. The molecule has 1 aromatic heterocycles. The number of aromatic hydroxyl groups is 1. The van der Waals surface area contributed by atoms with E-state index < -0.39 is 10.0 Å². The Labute approximate surface area is 171 Å². The summed E-state index contributed by atoms with van der Waals surface area (Å²) < 4.78 is 39.3. The van der Waals surface area contributed by atoms with E-state index in [4.69, 9.17) is 9.37 Å². The van der Waals surface area contributed by atoms with Gasteiger partial charge in [-0.1, -0.05) is 18.2 Å². The standard InChI is InChI=1S/C20H18N4O5S/c25-14-5-4-13-2-1-3-16(15(13)12-14)23-30(26,27)18-7-6-17(19-20(18)22-29-21-19)24-8-10-28-11-9-24/h1-7,12,23,25H,8-11H2. The smallest absolute Gasteiger partial charge is 0.264 e. The van der Waals surface area contributed by atoms with Crippen molar-refractivity contribution in [2.24, 2.45) is 0 Å². The Kier molecular flexibility index (Phi) is 4.44. The Morgan fingerprint density at radius 3 is 2.63 bits per heavy atom. The van der Waals surface area contributed by atoms with Crippen molar-refractivity contribution >= 4 is 43.2 Å². The van der Waals surface area contributed by atoms with Crippen LogP contribution in [0.4, 0.5) is 11.4 Å². The fourth-order valence-electron chi connectivity index (χ4n) is 3.66. The lowest BCUT2D eigenvalue weighted by molar-refractivity contribution is 0.123. The third-order valence-corrected chi connectivity index (χ3v) is 6.51. The largest absolute Gasteiger partial charge is 0.508 e. The summed E-state index contributed by atoms with van der Waals surface area (Å²) in [7, 11) is -4.00. The molecule has 1 aliphatic heterocycles. The van der Waals surface area contributed by atoms with Gasteiger partial charge in [0.05, 0.1) is 24.6 Å². The van der Waals surface area contributed by atoms with E-state index in [0.29, 0.717) is 42.9 Å². The van der Waals surface area contributed by atoms with Crippen molar-refractivity contribution in [1.82, 2.24) is 10.3 Å². The fourth-order valence-corrected chi connectivity index (χ4v) is 4.87. The molecule has 30 heavy (non-hydrogen) atoms. The zero-order valence-electron chi connectivity index (χ0n) is 15.8. The van der Waals surface area contributed by atoms with E-state index in [1.54, 1.807) is 30.3 Å². The van der Waals surface area contributed by atoms with Crippen LogP contribution in [0.3, 0.4) is 0 Å². The van der Waals surface area contributed by atoms with Crippen molar-refractivity contribution < 1.29 is 22.9 Å². The highest BCUT2D eigenvalue weighted by Gasteiger charge is 2.25. The zero-order chi connectivity index (χ0) is 20.7. The number of nitrogens with one attached hydrogen (secondary N) is 1. The van der Waals surface area contributed by atoms with E-state index in [9.17, 15) is 13.5 Å². The molecule has 9 nitrogen and oxygen atoms in total. The van der Waals surface area contributed by atoms with Crippen LogP contribution in [0, 0.1) is 0 Å². The quantitative estimate of drug-likeness (QED) is 0.511. The molecule has 154 valence electrons. The molecule has 0 atom stereocenters. The summed E-state index contributed by atoms with van der Waals surface area (Å²) >= 11 is 0. The summed E-state index contributed by atoms with van der Waals surface area (Å²) in [6.07, 6.45) is 0. The van der Waals surface area contributed by atoms with Gasteiger partial charge in [-0.15, -0.1) is 0 Å². The van der Waals surface area contributed by atoms with E-state index in [2.05, 4.69) is 19.9 Å². The third-order valence-electron chi connectivity index (χ3n) is 5.11. The van der Waals surface area contributed by atoms with Gasteiger partial charge in [0, 0.05) is 18.5 Å². The second-order valence-corrected chi connectivity index (χ2v) is 8.61. The van der Waals surface area contributed by atoms with E-state index >= 15 is 0 Å². The number of morpholine rings is 1. The van der Waals surface area contributed by atoms with Crippen LogP contribution in [-0.4, -0.2) is 50.1 Å². The number of rotatable bonds is 4. The number of phenols is 1. The minimum absolute atomic E-state index is 0.0343. The first kappa shape index (κ1) is 18.6. The van der Waals surface area contributed by atoms with Crippen LogP contribution in [0.25, 0.3) is 21.8 Å². The van der Waals surface area contributed by atoms with Gasteiger partial charge < -0.3 is 14.7 Å². The van der Waals surface area contributed by atoms with E-state index in [1.807, 2.05) is 6.07 Å². The summed E-state index contributed by atoms with van der Waals surface area (Å²) in [5.74, 6) is 0.0482. The highest BCUT2D eigenvalue weighted by molar-refractivity contribution is 7.93. The van der Waals surface area contributed by atoms with E-state index in [0.717, 1.165) is 11.1 Å². The predicted octanol–water partition coefficient (Wildman–Crippen LogP) is 2.72. The highest BCUT2D eigenvalue weighted by Crippen LogP contribution is 2.33. The Bertz CT molecular complexity index is 1350. The van der Waals surface area contributed by atoms with Gasteiger partial charge in [-0.3, -0.25) is 4.72 Å². The monoisotopic (exact) mass is 426 g/mol. The normalized spacial score (nSPS) is 15.0. The first-order valence-electron chi connectivity index (χ1n) is 9.35. The molecule has 1 saturated heterocycles. The maximum atomic E-state index is 13.2. The minimum Gasteiger partial charge on any atom is -0.508 e. The highest BCUT2D eigenvalue weighted by atomic mass is 32.2. The van der Waals surface area contributed by atoms with Crippen molar-refractivity contribution in [3.05, 3.63) is 48.5 Å². The SMILES string of the molecule is O=S(=O)(Nc1cccc2ccc(O)cc12)c1ccc(N2CCOCC2)c2nonc12. The van der Waals surface area contributed by atoms with Gasteiger partial charge in [0.2, 0.25) is 0 Å². The summed E-state index contributed by atoms with van der Waals surface area (Å²) in [5.41, 5.74) is 1.65. The van der Waals surface area contributed by atoms with Gasteiger partial charge in [-0.05, 0) is 46.0 Å². The van der Waals surface area contributed by atoms with E-state index in [-0.39, 0.29) is 16.2 Å². The number of anilines is 2. The van der Waals surface area contributed by atoms with E-state index in [1.165, 1.54) is 12.1 Å². The van der Waals surface area contributed by atoms with Gasteiger partial charge in [0.25, 0.3) is 10.0 Å². The molecule has 5 rings (SSSR count). The zero-order valence-corrected chi connectivity index (χ0v) is 16.6. The molecule has 0 bridgehead atoms. The third kappa shape index (κ3) is 3.19. The van der Waals surface area contributed by atoms with Crippen molar-refractivity contribution in [3.8, 4) is 5.75 Å². The fraction of sp³-hybridized carbons (Fsp3) is 0.200. The minimum atomic E-state index is -4.00. The van der Waals surface area contributed by atoms with Gasteiger partial charge in [-0.25, -0.2) is 13.0 Å². The molecule has 0 amide bonds. The number of hydrogen-bond acceptors (Lipinski definition) is 8. The van der Waals surface area contributed by atoms with Crippen LogP contribution < -0.4 is 9.62 Å². The maximum absolute atomic E-state index is 13.2. The van der Waals surface area contributed by atoms with Crippen LogP contribution >= 0.6 is 0 Å². The van der Waals surface area contributed by atoms with Crippen LogP contribution in [0.15, 0.2) is 58.1 Å². The number of nitrogens with zero attached hydrogens (tertiary/aromatic N) is 3. The lowest BCUT2D eigenvalue weighted by Crippen LogP contribution is -2.36. The predicted molar refractivity (Wildman–Crippen MR) is 111 cm³/mol. The topological polar surface area (TPSA) is 118 Å². The van der Waals surface area contributed by atoms with Crippen molar-refractivity contribution in [3.63, 3.8) is 0 Å². The summed E-state index contributed by atoms with van der Waals surface area (Å²) in [6.45, 7) is 2.52. The number of aromatic nitrogens is 2. The van der Waals surface area contributed by atoms with Gasteiger partial charge in [0.1, 0.15) is 10.6 Å². The molecule has 0 unspecified atom stereocenters. The summed E-state index contributed by atoms with van der Waals surface area (Å²) in [6, 6.07) is 13.2. The maximum Gasteiger partial charge on any atom is 0.264 e. The second kappa shape index (κ2) is 7.15. The van der Waals surface area contributed by atoms with Gasteiger partial charge in [-0.2, -0.15) is 0 Å². The number of fused-ring (bicyclic) bond motifs is 2. The average Bonchev–Trinajstić information content (AvgIpc) is 3.23. The molecule has 10 heteroatoms. The Balaban J connectivity index is 1.57. The number of hydrogen-bond donors (Lipinski definition) is 2. The molecule has 1 aliphatic rings. The molecule has 3 aromatic carbocycles. The molecule has 4 aromatic rings. The van der Waals surface area contributed by atoms with Crippen LogP contribution in [-0.2, 0) is 14.8 Å². The van der Waals surface area contributed by atoms with Crippen molar-refractivity contribution in [2.45, 2.75) is 4.90 Å². The Hall–Kier alpha value is -3.37. The number of sulfonamides is 1. The molecule has 1 fully saturated rings. The lowest BCUT2D eigenvalue weighted by atomic mass is 10.1. The number of phenolic OH excluding ortho intramolecular Hbond substituents is 1. The lowest BCUT2D eigenvalue weighted by Gasteiger charge is -2.28. The molecule has 0 saturated carbocycles. The van der Waals surface area contributed by atoms with Gasteiger partial charge >= 0.3 is 0 Å². The van der Waals surface area contributed by atoms with Crippen molar-refractivity contribution in [2.75, 3.05) is 35.9 Å². The number of ether oxygens (including phenoxy) is 1. The first-order chi connectivity index (χ1) is 14.5. The van der Waals surface area contributed by atoms with Crippen LogP contribution in [0.2, 0.25) is 0 Å². The van der Waals surface area contributed by atoms with Crippen molar-refractivity contribution in [1.29, 1.82) is 0 Å². The van der Waals surface area contributed by atoms with Crippen LogP contribution in [0.1, 0.15) is 0 Å². The molecular formula is C20H18N4O5S.